The van der Waals surface area contributed by atoms with Crippen LogP contribution in [0.1, 0.15) is 82.2 Å². The van der Waals surface area contributed by atoms with E-state index in [4.69, 9.17) is 4.74 Å². The van der Waals surface area contributed by atoms with Crippen LogP contribution in [0.5, 0.6) is 0 Å². The van der Waals surface area contributed by atoms with Gasteiger partial charge in [-0.05, 0) is 63.3 Å². The number of allylic oxidation sites excluding steroid dienone is 5. The lowest BCUT2D eigenvalue weighted by molar-refractivity contribution is -0.140. The number of fused-ring (bicyclic) bond motifs is 1. The van der Waals surface area contributed by atoms with E-state index in [0.29, 0.717) is 12.9 Å². The van der Waals surface area contributed by atoms with Crippen molar-refractivity contribution in [1.29, 1.82) is 0 Å². The Kier molecular flexibility index (Phi) is 11.4. The van der Waals surface area contributed by atoms with Gasteiger partial charge < -0.3 is 14.2 Å². The molecule has 0 amide bonds. The first-order valence-corrected chi connectivity index (χ1v) is 15.0. The lowest BCUT2D eigenvalue weighted by atomic mass is 9.77. The summed E-state index contributed by atoms with van der Waals surface area (Å²) in [7, 11) is 0. The van der Waals surface area contributed by atoms with Gasteiger partial charge in [-0.3, -0.25) is 4.79 Å². The fraction of sp³-hybridized carbons (Fsp3) is 0.378. The summed E-state index contributed by atoms with van der Waals surface area (Å²) in [6.07, 6.45) is 10.8. The predicted molar refractivity (Wildman–Crippen MR) is 174 cm³/mol. The number of hydrogen-bond donors (Lipinski definition) is 0. The third-order valence-electron chi connectivity index (χ3n) is 7.85. The second-order valence-electron chi connectivity index (χ2n) is 10.9. The molecule has 4 heteroatoms. The molecule has 4 nitrogen and oxygen atoms in total. The minimum Gasteiger partial charge on any atom is -0.451 e. The predicted octanol–water partition coefficient (Wildman–Crippen LogP) is 9.52. The van der Waals surface area contributed by atoms with E-state index in [1.54, 1.807) is 0 Å². The lowest BCUT2D eigenvalue weighted by Crippen LogP contribution is -2.35. The number of unbranched alkanes of at least 4 members (excludes halogenated alkanes) is 1. The Hall–Kier alpha value is -3.79. The number of carbonyl (C=O) groups is 1. The molecule has 0 aliphatic rings. The monoisotopic (exact) mass is 552 g/mol. The molecule has 1 heterocycles. The zero-order valence-electron chi connectivity index (χ0n) is 26.0. The first kappa shape index (κ1) is 31.7. The van der Waals surface area contributed by atoms with Crippen LogP contribution in [0, 0.1) is 13.8 Å². The number of ether oxygens (including phenoxy) is 1. The van der Waals surface area contributed by atoms with Crippen LogP contribution in [-0.4, -0.2) is 22.5 Å². The van der Waals surface area contributed by atoms with Crippen molar-refractivity contribution in [1.82, 2.24) is 9.47 Å². The Balaban J connectivity index is 2.36. The number of nitrogens with zero attached hydrogens (tertiary/aromatic N) is 2. The number of benzene rings is 2. The Morgan fingerprint density at radius 1 is 1.02 bits per heavy atom. The average molecular weight is 553 g/mol. The Bertz CT molecular complexity index is 1420. The summed E-state index contributed by atoms with van der Waals surface area (Å²) < 4.78 is 8.75. The minimum absolute atomic E-state index is 0.402. The molecule has 1 atom stereocenters. The minimum atomic E-state index is -1.08. The topological polar surface area (TPSA) is 34.5 Å². The number of aromatic nitrogens is 1. The third kappa shape index (κ3) is 6.75. The Morgan fingerprint density at radius 2 is 1.73 bits per heavy atom. The van der Waals surface area contributed by atoms with Crippen LogP contribution >= 0.6 is 0 Å². The number of para-hydroxylation sites is 1. The van der Waals surface area contributed by atoms with E-state index >= 15 is 0 Å². The van der Waals surface area contributed by atoms with Gasteiger partial charge in [0, 0.05) is 58.6 Å². The van der Waals surface area contributed by atoms with E-state index in [2.05, 4.69) is 112 Å². The van der Waals surface area contributed by atoms with E-state index in [1.807, 2.05) is 19.1 Å². The molecular weight excluding hydrogens is 504 g/mol. The van der Waals surface area contributed by atoms with Gasteiger partial charge in [-0.2, -0.15) is 0 Å². The number of rotatable bonds is 16. The number of aryl methyl sites for hydroxylation is 2. The van der Waals surface area contributed by atoms with Gasteiger partial charge in [0.2, 0.25) is 0 Å². The molecule has 0 saturated carbocycles. The second-order valence-corrected chi connectivity index (χ2v) is 10.9. The van der Waals surface area contributed by atoms with Crippen LogP contribution < -0.4 is 0 Å². The zero-order valence-corrected chi connectivity index (χ0v) is 26.0. The van der Waals surface area contributed by atoms with E-state index in [1.165, 1.54) is 0 Å². The van der Waals surface area contributed by atoms with Gasteiger partial charge in [0.25, 0.3) is 6.47 Å². The molecule has 1 unspecified atom stereocenters. The summed E-state index contributed by atoms with van der Waals surface area (Å²) in [5.74, 6) is 0. The van der Waals surface area contributed by atoms with Crippen molar-refractivity contribution in [2.45, 2.75) is 85.8 Å². The van der Waals surface area contributed by atoms with Gasteiger partial charge in [-0.1, -0.05) is 95.0 Å². The SMILES string of the molecule is C=C(CC(OC=O)(c1ccccc1C)c1c(C)n(CCC)c2ccccc12)/C(=C\C=C/CC)N(CCCC)C(=C)C. The molecule has 3 rings (SSSR count). The van der Waals surface area contributed by atoms with Gasteiger partial charge in [-0.25, -0.2) is 0 Å². The quantitative estimate of drug-likeness (QED) is 0.131. The summed E-state index contributed by atoms with van der Waals surface area (Å²) in [6.45, 7) is 24.1. The maximum absolute atomic E-state index is 12.5. The van der Waals surface area contributed by atoms with Crippen molar-refractivity contribution in [2.75, 3.05) is 6.54 Å². The molecule has 0 spiro atoms. The van der Waals surface area contributed by atoms with Gasteiger partial charge in [-0.15, -0.1) is 0 Å². The molecule has 0 radical (unpaired) electrons. The molecule has 0 bridgehead atoms. The van der Waals surface area contributed by atoms with Gasteiger partial charge in [0.1, 0.15) is 0 Å². The van der Waals surface area contributed by atoms with Crippen molar-refractivity contribution in [3.8, 4) is 0 Å². The molecular formula is C37H48N2O2. The van der Waals surface area contributed by atoms with Crippen LogP contribution in [0.3, 0.4) is 0 Å². The van der Waals surface area contributed by atoms with Gasteiger partial charge in [0.15, 0.2) is 5.60 Å². The molecule has 41 heavy (non-hydrogen) atoms. The summed E-state index contributed by atoms with van der Waals surface area (Å²) in [4.78, 5) is 14.7. The van der Waals surface area contributed by atoms with E-state index in [-0.39, 0.29) is 0 Å². The van der Waals surface area contributed by atoms with Crippen LogP contribution in [0.2, 0.25) is 0 Å². The highest BCUT2D eigenvalue weighted by Gasteiger charge is 2.43. The molecule has 0 saturated heterocycles. The maximum Gasteiger partial charge on any atom is 0.294 e. The number of hydrogen-bond acceptors (Lipinski definition) is 3. The molecule has 0 aliphatic carbocycles. The fourth-order valence-corrected chi connectivity index (χ4v) is 5.96. The highest BCUT2D eigenvalue weighted by atomic mass is 16.5. The van der Waals surface area contributed by atoms with Crippen LogP contribution in [0.4, 0.5) is 0 Å². The third-order valence-corrected chi connectivity index (χ3v) is 7.85. The maximum atomic E-state index is 12.5. The summed E-state index contributed by atoms with van der Waals surface area (Å²) in [5, 5.41) is 1.09. The van der Waals surface area contributed by atoms with Crippen molar-refractivity contribution >= 4 is 17.4 Å². The summed E-state index contributed by atoms with van der Waals surface area (Å²) >= 11 is 0. The molecule has 0 N–H and O–H groups in total. The standard InChI is InChI=1S/C37H48N2O2/c1-9-12-14-22-34(38(28(4)5)25-13-10-2)30(7)26-37(41-27-40,33-21-17-15-19-29(33)6)36-31(8)39(24-11-3)35-23-18-16-20-32(35)36/h12,14-23,27H,4,7,9-11,13,24-26H2,1-3,5-6,8H3/b14-12-,34-22+. The van der Waals surface area contributed by atoms with Gasteiger partial charge >= 0.3 is 0 Å². The molecule has 0 aliphatic heterocycles. The normalized spacial score (nSPS) is 13.4. The van der Waals surface area contributed by atoms with Crippen LogP contribution in [0.15, 0.2) is 96.9 Å². The van der Waals surface area contributed by atoms with Crippen molar-refractivity contribution in [3.05, 3.63) is 119 Å². The smallest absolute Gasteiger partial charge is 0.294 e. The first-order chi connectivity index (χ1) is 19.8. The Morgan fingerprint density at radius 3 is 2.37 bits per heavy atom. The largest absolute Gasteiger partial charge is 0.451 e. The summed E-state index contributed by atoms with van der Waals surface area (Å²) in [5.41, 5.74) is 7.07. The molecule has 0 fully saturated rings. The summed E-state index contributed by atoms with van der Waals surface area (Å²) in [6, 6.07) is 16.7. The molecule has 1 aromatic heterocycles. The van der Waals surface area contributed by atoms with Gasteiger partial charge in [0.05, 0.1) is 0 Å². The Labute approximate surface area is 247 Å². The lowest BCUT2D eigenvalue weighted by Gasteiger charge is -2.37. The van der Waals surface area contributed by atoms with Crippen LogP contribution in [0.25, 0.3) is 10.9 Å². The fourth-order valence-electron chi connectivity index (χ4n) is 5.96. The second kappa shape index (κ2) is 14.7. The molecule has 218 valence electrons. The van der Waals surface area contributed by atoms with Crippen molar-refractivity contribution < 1.29 is 9.53 Å². The van der Waals surface area contributed by atoms with Crippen molar-refractivity contribution in [3.63, 3.8) is 0 Å². The average Bonchev–Trinajstić information content (AvgIpc) is 3.23. The first-order valence-electron chi connectivity index (χ1n) is 15.0. The zero-order chi connectivity index (χ0) is 30.0. The highest BCUT2D eigenvalue weighted by Crippen LogP contribution is 2.47. The molecule has 2 aromatic carbocycles. The highest BCUT2D eigenvalue weighted by molar-refractivity contribution is 5.87. The molecule has 3 aromatic rings. The van der Waals surface area contributed by atoms with Crippen molar-refractivity contribution in [2.24, 2.45) is 0 Å². The van der Waals surface area contributed by atoms with Crippen LogP contribution in [-0.2, 0) is 21.7 Å². The van der Waals surface area contributed by atoms with E-state index < -0.39 is 5.60 Å². The number of carbonyl (C=O) groups excluding carboxylic acids is 1. The van der Waals surface area contributed by atoms with E-state index in [9.17, 15) is 4.79 Å². The van der Waals surface area contributed by atoms with E-state index in [0.717, 1.165) is 89.0 Å².